The number of carbonyl (C=O) groups is 2. The molecule has 1 aromatic heterocycles. The maximum absolute atomic E-state index is 12.9. The molecule has 1 heterocycles. The van der Waals surface area contributed by atoms with Crippen LogP contribution in [0.1, 0.15) is 32.0 Å². The van der Waals surface area contributed by atoms with Crippen molar-refractivity contribution in [2.75, 3.05) is 17.3 Å². The molecule has 0 bridgehead atoms. The fourth-order valence-electron chi connectivity index (χ4n) is 2.63. The zero-order chi connectivity index (χ0) is 19.6. The Kier molecular flexibility index (Phi) is 5.46. The van der Waals surface area contributed by atoms with Gasteiger partial charge in [-0.2, -0.15) is 0 Å². The standard InChI is InChI=1S/C21H19BrN2O3/c1-13-6-7-15(12-18(13)23-20(25)19-5-4-10-27-19)21(26)24(3)16-8-9-17(22)14(2)11-16/h4-12H,1-3H3,(H,23,25). The van der Waals surface area contributed by atoms with Crippen LogP contribution in [0.4, 0.5) is 11.4 Å². The molecule has 0 spiro atoms. The lowest BCUT2D eigenvalue weighted by Gasteiger charge is -2.19. The van der Waals surface area contributed by atoms with E-state index in [4.69, 9.17) is 4.42 Å². The third-order valence-electron chi connectivity index (χ3n) is 4.31. The molecule has 0 saturated carbocycles. The largest absolute Gasteiger partial charge is 0.459 e. The number of rotatable bonds is 4. The predicted molar refractivity (Wildman–Crippen MR) is 109 cm³/mol. The molecular formula is C21H19BrN2O3. The van der Waals surface area contributed by atoms with Crippen molar-refractivity contribution in [1.82, 2.24) is 0 Å². The second-order valence-corrected chi connectivity index (χ2v) is 7.11. The van der Waals surface area contributed by atoms with Gasteiger partial charge in [0.2, 0.25) is 0 Å². The first-order valence-electron chi connectivity index (χ1n) is 8.36. The molecule has 0 radical (unpaired) electrons. The highest BCUT2D eigenvalue weighted by molar-refractivity contribution is 9.10. The van der Waals surface area contributed by atoms with Crippen molar-refractivity contribution in [1.29, 1.82) is 0 Å². The average molecular weight is 427 g/mol. The summed E-state index contributed by atoms with van der Waals surface area (Å²) in [5.74, 6) is -0.302. The summed E-state index contributed by atoms with van der Waals surface area (Å²) in [6, 6.07) is 14.2. The van der Waals surface area contributed by atoms with E-state index in [-0.39, 0.29) is 17.6 Å². The summed E-state index contributed by atoms with van der Waals surface area (Å²) in [5.41, 5.74) is 3.75. The number of aryl methyl sites for hydroxylation is 2. The van der Waals surface area contributed by atoms with E-state index in [0.717, 1.165) is 21.3 Å². The molecule has 0 atom stereocenters. The number of halogens is 1. The summed E-state index contributed by atoms with van der Waals surface area (Å²) in [7, 11) is 1.73. The molecule has 0 unspecified atom stereocenters. The highest BCUT2D eigenvalue weighted by atomic mass is 79.9. The van der Waals surface area contributed by atoms with Crippen LogP contribution in [0.5, 0.6) is 0 Å². The number of hydrogen-bond donors (Lipinski definition) is 1. The first kappa shape index (κ1) is 18.9. The van der Waals surface area contributed by atoms with Crippen molar-refractivity contribution in [2.45, 2.75) is 13.8 Å². The average Bonchev–Trinajstić information content (AvgIpc) is 3.19. The minimum absolute atomic E-state index is 0.162. The van der Waals surface area contributed by atoms with Gasteiger partial charge in [-0.3, -0.25) is 9.59 Å². The maximum Gasteiger partial charge on any atom is 0.291 e. The summed E-state index contributed by atoms with van der Waals surface area (Å²) < 4.78 is 6.10. The van der Waals surface area contributed by atoms with Crippen LogP contribution >= 0.6 is 15.9 Å². The van der Waals surface area contributed by atoms with Gasteiger partial charge in [0.1, 0.15) is 0 Å². The Labute approximate surface area is 166 Å². The van der Waals surface area contributed by atoms with Crippen molar-refractivity contribution in [3.63, 3.8) is 0 Å². The minimum Gasteiger partial charge on any atom is -0.459 e. The molecule has 6 heteroatoms. The van der Waals surface area contributed by atoms with Crippen LogP contribution in [0.2, 0.25) is 0 Å². The number of furan rings is 1. The van der Waals surface area contributed by atoms with E-state index in [0.29, 0.717) is 11.3 Å². The van der Waals surface area contributed by atoms with Gasteiger partial charge in [0.25, 0.3) is 11.8 Å². The number of amides is 2. The lowest BCUT2D eigenvalue weighted by atomic mass is 10.1. The Bertz CT molecular complexity index is 997. The predicted octanol–water partition coefficient (Wildman–Crippen LogP) is 5.19. The lowest BCUT2D eigenvalue weighted by Crippen LogP contribution is -2.26. The van der Waals surface area contributed by atoms with Gasteiger partial charge in [-0.1, -0.05) is 22.0 Å². The SMILES string of the molecule is Cc1cc(N(C)C(=O)c2ccc(C)c(NC(=O)c3ccco3)c2)ccc1Br. The van der Waals surface area contributed by atoms with Gasteiger partial charge in [-0.25, -0.2) is 0 Å². The molecule has 1 N–H and O–H groups in total. The van der Waals surface area contributed by atoms with Crippen molar-refractivity contribution in [2.24, 2.45) is 0 Å². The number of carbonyl (C=O) groups excluding carboxylic acids is 2. The van der Waals surface area contributed by atoms with Gasteiger partial charge in [0.15, 0.2) is 5.76 Å². The Morgan fingerprint density at radius 1 is 1.04 bits per heavy atom. The third kappa shape index (κ3) is 4.11. The second kappa shape index (κ2) is 7.80. The van der Waals surface area contributed by atoms with Crippen LogP contribution < -0.4 is 10.2 Å². The van der Waals surface area contributed by atoms with E-state index >= 15 is 0 Å². The Hall–Kier alpha value is -2.86. The van der Waals surface area contributed by atoms with Crippen LogP contribution in [0, 0.1) is 13.8 Å². The van der Waals surface area contributed by atoms with Crippen molar-refractivity contribution in [3.8, 4) is 0 Å². The zero-order valence-corrected chi connectivity index (χ0v) is 16.8. The molecule has 0 aliphatic heterocycles. The number of benzene rings is 2. The molecule has 2 amide bonds. The summed E-state index contributed by atoms with van der Waals surface area (Å²) >= 11 is 3.47. The van der Waals surface area contributed by atoms with E-state index in [1.165, 1.54) is 6.26 Å². The van der Waals surface area contributed by atoms with E-state index < -0.39 is 0 Å². The van der Waals surface area contributed by atoms with Gasteiger partial charge < -0.3 is 14.6 Å². The van der Waals surface area contributed by atoms with E-state index in [1.807, 2.05) is 38.1 Å². The highest BCUT2D eigenvalue weighted by Gasteiger charge is 2.17. The van der Waals surface area contributed by atoms with Crippen molar-refractivity contribution >= 4 is 39.1 Å². The van der Waals surface area contributed by atoms with Crippen molar-refractivity contribution in [3.05, 3.63) is 81.7 Å². The molecule has 0 saturated heterocycles. The van der Waals surface area contributed by atoms with Gasteiger partial charge >= 0.3 is 0 Å². The molecule has 138 valence electrons. The topological polar surface area (TPSA) is 62.6 Å². The van der Waals surface area contributed by atoms with Crippen LogP contribution in [0.25, 0.3) is 0 Å². The van der Waals surface area contributed by atoms with Crippen molar-refractivity contribution < 1.29 is 14.0 Å². The summed E-state index contributed by atoms with van der Waals surface area (Å²) in [6.45, 7) is 3.84. The van der Waals surface area contributed by atoms with Gasteiger partial charge in [-0.15, -0.1) is 0 Å². The highest BCUT2D eigenvalue weighted by Crippen LogP contribution is 2.25. The molecule has 2 aromatic carbocycles. The molecule has 0 aliphatic rings. The fourth-order valence-corrected chi connectivity index (χ4v) is 2.88. The van der Waals surface area contributed by atoms with Crippen LogP contribution in [0.15, 0.2) is 63.7 Å². The normalized spacial score (nSPS) is 10.5. The number of nitrogens with zero attached hydrogens (tertiary/aromatic N) is 1. The minimum atomic E-state index is -0.357. The summed E-state index contributed by atoms with van der Waals surface area (Å²) in [4.78, 5) is 26.7. The molecule has 3 aromatic rings. The molecule has 0 aliphatic carbocycles. The second-order valence-electron chi connectivity index (χ2n) is 6.26. The van der Waals surface area contributed by atoms with E-state index in [1.54, 1.807) is 36.2 Å². The van der Waals surface area contributed by atoms with Gasteiger partial charge in [0.05, 0.1) is 6.26 Å². The fraction of sp³-hybridized carbons (Fsp3) is 0.143. The monoisotopic (exact) mass is 426 g/mol. The zero-order valence-electron chi connectivity index (χ0n) is 15.2. The number of hydrogen-bond acceptors (Lipinski definition) is 3. The first-order chi connectivity index (χ1) is 12.9. The molecule has 0 fully saturated rings. The Morgan fingerprint density at radius 3 is 2.48 bits per heavy atom. The molecule has 3 rings (SSSR count). The van der Waals surface area contributed by atoms with E-state index in [2.05, 4.69) is 21.2 Å². The molecule has 5 nitrogen and oxygen atoms in total. The Balaban J connectivity index is 1.84. The van der Waals surface area contributed by atoms with E-state index in [9.17, 15) is 9.59 Å². The maximum atomic E-state index is 12.9. The van der Waals surface area contributed by atoms with Crippen LogP contribution in [0.3, 0.4) is 0 Å². The summed E-state index contributed by atoms with van der Waals surface area (Å²) in [5, 5.41) is 2.79. The third-order valence-corrected chi connectivity index (χ3v) is 5.20. The first-order valence-corrected chi connectivity index (χ1v) is 9.16. The summed E-state index contributed by atoms with van der Waals surface area (Å²) in [6.07, 6.45) is 1.44. The van der Waals surface area contributed by atoms with Crippen LogP contribution in [-0.2, 0) is 0 Å². The van der Waals surface area contributed by atoms with Gasteiger partial charge in [0, 0.05) is 28.5 Å². The molecular weight excluding hydrogens is 408 g/mol. The smallest absolute Gasteiger partial charge is 0.291 e. The Morgan fingerprint density at radius 2 is 1.81 bits per heavy atom. The molecule has 27 heavy (non-hydrogen) atoms. The van der Waals surface area contributed by atoms with Crippen LogP contribution in [-0.4, -0.2) is 18.9 Å². The number of anilines is 2. The van der Waals surface area contributed by atoms with Gasteiger partial charge in [-0.05, 0) is 67.4 Å². The lowest BCUT2D eigenvalue weighted by molar-refractivity contribution is 0.0985. The quantitative estimate of drug-likeness (QED) is 0.624. The number of nitrogens with one attached hydrogen (secondary N) is 1.